The van der Waals surface area contributed by atoms with E-state index in [4.69, 9.17) is 0 Å². The van der Waals surface area contributed by atoms with Gasteiger partial charge >= 0.3 is 0 Å². The van der Waals surface area contributed by atoms with Gasteiger partial charge < -0.3 is 4.57 Å². The summed E-state index contributed by atoms with van der Waals surface area (Å²) in [6.07, 6.45) is 4.95. The molecule has 0 spiro atoms. The zero-order valence-electron chi connectivity index (χ0n) is 10.5. The molecule has 0 saturated carbocycles. The van der Waals surface area contributed by atoms with Crippen molar-refractivity contribution >= 4 is 6.08 Å². The van der Waals surface area contributed by atoms with Crippen LogP contribution in [-0.2, 0) is 13.0 Å². The molecule has 0 aliphatic rings. The van der Waals surface area contributed by atoms with E-state index in [9.17, 15) is 0 Å². The monoisotopic (exact) mass is 226 g/mol. The van der Waals surface area contributed by atoms with Crippen LogP contribution in [0, 0.1) is 6.92 Å². The van der Waals surface area contributed by atoms with Crippen molar-refractivity contribution in [3.8, 4) is 0 Å². The Bertz CT molecular complexity index is 506. The predicted molar refractivity (Wildman–Crippen MR) is 72.0 cm³/mol. The first-order valence-electron chi connectivity index (χ1n) is 5.97. The number of hydrogen-bond donors (Lipinski definition) is 0. The maximum atomic E-state index is 4.51. The van der Waals surface area contributed by atoms with E-state index in [0.29, 0.717) is 0 Å². The van der Waals surface area contributed by atoms with Crippen LogP contribution in [0.4, 0.5) is 0 Å². The Balaban J connectivity index is 2.21. The molecule has 0 aliphatic heterocycles. The van der Waals surface area contributed by atoms with Gasteiger partial charge in [-0.15, -0.1) is 0 Å². The number of hydrogen-bond acceptors (Lipinski definition) is 1. The van der Waals surface area contributed by atoms with Crippen molar-refractivity contribution in [3.05, 3.63) is 59.7 Å². The molecule has 0 radical (unpaired) electrons. The molecule has 0 atom stereocenters. The van der Waals surface area contributed by atoms with Gasteiger partial charge in [0.05, 0.1) is 5.69 Å². The summed E-state index contributed by atoms with van der Waals surface area (Å²) in [5, 5.41) is 0. The van der Waals surface area contributed by atoms with Crippen molar-refractivity contribution in [2.75, 3.05) is 0 Å². The molecule has 2 nitrogen and oxygen atoms in total. The molecule has 1 aromatic heterocycles. The predicted octanol–water partition coefficient (Wildman–Crippen LogP) is 3.45. The van der Waals surface area contributed by atoms with Crippen molar-refractivity contribution in [2.24, 2.45) is 0 Å². The van der Waals surface area contributed by atoms with Gasteiger partial charge in [0.2, 0.25) is 0 Å². The Labute approximate surface area is 103 Å². The van der Waals surface area contributed by atoms with E-state index < -0.39 is 0 Å². The van der Waals surface area contributed by atoms with E-state index in [1.54, 1.807) is 0 Å². The first kappa shape index (κ1) is 11.6. The Morgan fingerprint density at radius 2 is 2.00 bits per heavy atom. The second kappa shape index (κ2) is 5.00. The molecule has 2 heteroatoms. The summed E-state index contributed by atoms with van der Waals surface area (Å²) in [5.74, 6) is 1.15. The van der Waals surface area contributed by atoms with Gasteiger partial charge in [-0.3, -0.25) is 0 Å². The number of nitrogens with zero attached hydrogens (tertiary/aromatic N) is 2. The summed E-state index contributed by atoms with van der Waals surface area (Å²) >= 11 is 0. The van der Waals surface area contributed by atoms with Crippen molar-refractivity contribution in [2.45, 2.75) is 26.8 Å². The molecule has 0 amide bonds. The van der Waals surface area contributed by atoms with Gasteiger partial charge in [0.25, 0.3) is 0 Å². The molecule has 0 bridgehead atoms. The largest absolute Gasteiger partial charge is 0.330 e. The lowest BCUT2D eigenvalue weighted by Gasteiger charge is -2.06. The highest BCUT2D eigenvalue weighted by Crippen LogP contribution is 2.10. The van der Waals surface area contributed by atoms with Gasteiger partial charge in [-0.2, -0.15) is 0 Å². The van der Waals surface area contributed by atoms with Crippen LogP contribution in [0.2, 0.25) is 0 Å². The van der Waals surface area contributed by atoms with Gasteiger partial charge in [-0.25, -0.2) is 4.98 Å². The van der Waals surface area contributed by atoms with Crippen LogP contribution in [0.3, 0.4) is 0 Å². The molecule has 0 aliphatic carbocycles. The van der Waals surface area contributed by atoms with Crippen LogP contribution in [0.25, 0.3) is 6.08 Å². The number of rotatable bonds is 4. The van der Waals surface area contributed by atoms with Crippen LogP contribution in [-0.4, -0.2) is 9.55 Å². The number of aromatic nitrogens is 2. The van der Waals surface area contributed by atoms with E-state index in [2.05, 4.69) is 53.5 Å². The normalized spacial score (nSPS) is 10.5. The molecule has 88 valence electrons. The van der Waals surface area contributed by atoms with Crippen LogP contribution >= 0.6 is 0 Å². The number of imidazole rings is 1. The Kier molecular flexibility index (Phi) is 3.43. The maximum absolute atomic E-state index is 4.51. The van der Waals surface area contributed by atoms with Crippen molar-refractivity contribution in [1.29, 1.82) is 0 Å². The summed E-state index contributed by atoms with van der Waals surface area (Å²) in [6.45, 7) is 8.83. The smallest absolute Gasteiger partial charge is 0.108 e. The van der Waals surface area contributed by atoms with Crippen LogP contribution < -0.4 is 0 Å². The topological polar surface area (TPSA) is 17.8 Å². The van der Waals surface area contributed by atoms with Crippen LogP contribution in [0.5, 0.6) is 0 Å². The highest BCUT2D eigenvalue weighted by Gasteiger charge is 2.03. The fraction of sp³-hybridized carbons (Fsp3) is 0.267. The summed E-state index contributed by atoms with van der Waals surface area (Å²) in [7, 11) is 0. The lowest BCUT2D eigenvalue weighted by Crippen LogP contribution is -2.03. The average molecular weight is 226 g/mol. The molecule has 1 heterocycles. The number of benzene rings is 1. The molecule has 2 rings (SSSR count). The van der Waals surface area contributed by atoms with Gasteiger partial charge in [0.15, 0.2) is 0 Å². The minimum atomic E-state index is 0.890. The molecule has 2 aromatic rings. The summed E-state index contributed by atoms with van der Waals surface area (Å²) in [4.78, 5) is 4.51. The minimum Gasteiger partial charge on any atom is -0.330 e. The standard InChI is InChI=1S/C15H18N2/c1-4-13-6-8-14(9-7-13)11-17-10-12(3)16-15(17)5-2/h4,6-10H,1,5,11H2,2-3H3. The Morgan fingerprint density at radius 3 is 2.59 bits per heavy atom. The van der Waals surface area contributed by atoms with E-state index in [1.807, 2.05) is 13.0 Å². The van der Waals surface area contributed by atoms with Gasteiger partial charge in [0, 0.05) is 19.2 Å². The molecule has 0 unspecified atom stereocenters. The molecule has 0 fully saturated rings. The zero-order chi connectivity index (χ0) is 12.3. The molecule has 1 aromatic carbocycles. The Hall–Kier alpha value is -1.83. The fourth-order valence-corrected chi connectivity index (χ4v) is 1.97. The van der Waals surface area contributed by atoms with Crippen molar-refractivity contribution < 1.29 is 0 Å². The highest BCUT2D eigenvalue weighted by molar-refractivity contribution is 5.47. The van der Waals surface area contributed by atoms with E-state index in [0.717, 1.165) is 30.0 Å². The lowest BCUT2D eigenvalue weighted by atomic mass is 10.1. The fourth-order valence-electron chi connectivity index (χ4n) is 1.97. The molecular weight excluding hydrogens is 208 g/mol. The molecule has 17 heavy (non-hydrogen) atoms. The van der Waals surface area contributed by atoms with Crippen LogP contribution in [0.1, 0.15) is 29.6 Å². The van der Waals surface area contributed by atoms with E-state index in [-0.39, 0.29) is 0 Å². The first-order chi connectivity index (χ1) is 8.22. The van der Waals surface area contributed by atoms with Crippen LogP contribution in [0.15, 0.2) is 37.0 Å². The second-order valence-electron chi connectivity index (χ2n) is 4.23. The highest BCUT2D eigenvalue weighted by atomic mass is 15.1. The Morgan fingerprint density at radius 1 is 1.29 bits per heavy atom. The zero-order valence-corrected chi connectivity index (χ0v) is 10.5. The maximum Gasteiger partial charge on any atom is 0.108 e. The summed E-state index contributed by atoms with van der Waals surface area (Å²) < 4.78 is 2.22. The third-order valence-electron chi connectivity index (χ3n) is 2.86. The third kappa shape index (κ3) is 2.64. The van der Waals surface area contributed by atoms with Gasteiger partial charge in [0.1, 0.15) is 5.82 Å². The van der Waals surface area contributed by atoms with Crippen molar-refractivity contribution in [3.63, 3.8) is 0 Å². The summed E-state index contributed by atoms with van der Waals surface area (Å²) in [6, 6.07) is 8.48. The molecule has 0 saturated heterocycles. The van der Waals surface area contributed by atoms with Crippen molar-refractivity contribution in [1.82, 2.24) is 9.55 Å². The minimum absolute atomic E-state index is 0.890. The number of aryl methyl sites for hydroxylation is 2. The lowest BCUT2D eigenvalue weighted by molar-refractivity contribution is 0.732. The molecule has 0 N–H and O–H groups in total. The quantitative estimate of drug-likeness (QED) is 0.780. The SMILES string of the molecule is C=Cc1ccc(Cn2cc(C)nc2CC)cc1. The molecular formula is C15H18N2. The second-order valence-corrected chi connectivity index (χ2v) is 4.23. The van der Waals surface area contributed by atoms with E-state index >= 15 is 0 Å². The van der Waals surface area contributed by atoms with Gasteiger partial charge in [-0.05, 0) is 18.1 Å². The first-order valence-corrected chi connectivity index (χ1v) is 5.97. The van der Waals surface area contributed by atoms with E-state index in [1.165, 1.54) is 5.56 Å². The third-order valence-corrected chi connectivity index (χ3v) is 2.86. The van der Waals surface area contributed by atoms with Gasteiger partial charge in [-0.1, -0.05) is 43.8 Å². The summed E-state index contributed by atoms with van der Waals surface area (Å²) in [5.41, 5.74) is 3.54. The average Bonchev–Trinajstić information content (AvgIpc) is 2.70.